The highest BCUT2D eigenvalue weighted by Gasteiger charge is 2.14. The minimum absolute atomic E-state index is 0.148. The molecule has 2 rings (SSSR count). The summed E-state index contributed by atoms with van der Waals surface area (Å²) < 4.78 is 10.8. The summed E-state index contributed by atoms with van der Waals surface area (Å²) in [6, 6.07) is 13.7. The van der Waals surface area contributed by atoms with E-state index in [1.165, 1.54) is 0 Å². The number of anilines is 1. The number of hydrogen-bond acceptors (Lipinski definition) is 5. The highest BCUT2D eigenvalue weighted by atomic mass is 32.1. The van der Waals surface area contributed by atoms with Crippen LogP contribution < -0.4 is 15.4 Å². The largest absolute Gasteiger partial charge is 0.492 e. The molecule has 0 aromatic heterocycles. The Balaban J connectivity index is 1.95. The lowest BCUT2D eigenvalue weighted by Gasteiger charge is -2.14. The van der Waals surface area contributed by atoms with Crippen molar-refractivity contribution in [2.45, 2.75) is 27.2 Å². The van der Waals surface area contributed by atoms with Crippen molar-refractivity contribution in [2.75, 3.05) is 18.5 Å². The van der Waals surface area contributed by atoms with Gasteiger partial charge in [0.2, 0.25) is 0 Å². The van der Waals surface area contributed by atoms with Crippen molar-refractivity contribution in [3.8, 4) is 5.75 Å². The first-order valence-electron chi connectivity index (χ1n) is 9.52. The molecule has 2 aromatic rings. The summed E-state index contributed by atoms with van der Waals surface area (Å²) in [5.74, 6) is 0.126. The molecular weight excluding hydrogens is 388 g/mol. The smallest absolute Gasteiger partial charge is 0.338 e. The van der Waals surface area contributed by atoms with Gasteiger partial charge < -0.3 is 14.8 Å². The predicted octanol–water partition coefficient (Wildman–Crippen LogP) is 4.42. The molecule has 29 heavy (non-hydrogen) atoms. The van der Waals surface area contributed by atoms with Crippen molar-refractivity contribution in [1.29, 1.82) is 0 Å². The number of esters is 1. The summed E-state index contributed by atoms with van der Waals surface area (Å²) in [6.07, 6.45) is 0.769. The second-order valence-corrected chi connectivity index (χ2v) is 7.23. The van der Waals surface area contributed by atoms with Crippen LogP contribution in [-0.2, 0) is 4.74 Å². The van der Waals surface area contributed by atoms with Gasteiger partial charge in [0.05, 0.1) is 24.3 Å². The third-order valence-corrected chi connectivity index (χ3v) is 3.95. The molecule has 0 unspecified atom stereocenters. The molecule has 0 bridgehead atoms. The summed E-state index contributed by atoms with van der Waals surface area (Å²) in [5.41, 5.74) is 1.51. The van der Waals surface area contributed by atoms with Crippen molar-refractivity contribution in [3.05, 3.63) is 59.7 Å². The average molecular weight is 415 g/mol. The highest BCUT2D eigenvalue weighted by Crippen LogP contribution is 2.19. The predicted molar refractivity (Wildman–Crippen MR) is 117 cm³/mol. The van der Waals surface area contributed by atoms with Crippen LogP contribution in [0.15, 0.2) is 48.5 Å². The molecule has 0 atom stereocenters. The lowest BCUT2D eigenvalue weighted by Crippen LogP contribution is -2.34. The second-order valence-electron chi connectivity index (χ2n) is 6.82. The van der Waals surface area contributed by atoms with Crippen LogP contribution in [0.1, 0.15) is 47.9 Å². The molecule has 6 nitrogen and oxygen atoms in total. The van der Waals surface area contributed by atoms with Crippen molar-refractivity contribution in [3.63, 3.8) is 0 Å². The molecule has 0 aliphatic heterocycles. The molecule has 154 valence electrons. The number of amides is 1. The summed E-state index contributed by atoms with van der Waals surface area (Å²) in [5, 5.41) is 5.72. The van der Waals surface area contributed by atoms with Gasteiger partial charge in [-0.15, -0.1) is 0 Å². The average Bonchev–Trinajstić information content (AvgIpc) is 2.71. The van der Waals surface area contributed by atoms with Gasteiger partial charge in [-0.05, 0) is 61.0 Å². The molecule has 0 saturated carbocycles. The van der Waals surface area contributed by atoms with Crippen LogP contribution >= 0.6 is 12.2 Å². The van der Waals surface area contributed by atoms with E-state index in [1.807, 2.05) is 26.8 Å². The van der Waals surface area contributed by atoms with Crippen molar-refractivity contribution >= 4 is 34.9 Å². The van der Waals surface area contributed by atoms with Crippen LogP contribution in [-0.4, -0.2) is 30.2 Å². The summed E-state index contributed by atoms with van der Waals surface area (Å²) in [4.78, 5) is 24.4. The van der Waals surface area contributed by atoms with E-state index >= 15 is 0 Å². The van der Waals surface area contributed by atoms with Gasteiger partial charge in [-0.3, -0.25) is 10.1 Å². The molecule has 0 fully saturated rings. The third-order valence-electron chi connectivity index (χ3n) is 3.75. The molecule has 7 heteroatoms. The van der Waals surface area contributed by atoms with Gasteiger partial charge in [0, 0.05) is 5.69 Å². The summed E-state index contributed by atoms with van der Waals surface area (Å²) in [6.45, 7) is 6.91. The minimum Gasteiger partial charge on any atom is -0.492 e. The normalized spacial score (nSPS) is 10.3. The Labute approximate surface area is 176 Å². The molecule has 0 aliphatic carbocycles. The van der Waals surface area contributed by atoms with Gasteiger partial charge in [-0.1, -0.05) is 32.9 Å². The van der Waals surface area contributed by atoms with E-state index in [1.54, 1.807) is 42.5 Å². The zero-order valence-corrected chi connectivity index (χ0v) is 17.7. The molecule has 0 radical (unpaired) electrons. The standard InChI is InChI=1S/C22H26N2O4S/c1-4-13-27-21(26)16-9-11-17(12-10-16)23-22(29)24-20(25)18-7-5-6-8-19(18)28-14-15(2)3/h5-12,15H,4,13-14H2,1-3H3,(H2,23,24,25,29). The highest BCUT2D eigenvalue weighted by molar-refractivity contribution is 7.80. The Kier molecular flexibility index (Phi) is 8.61. The molecule has 0 heterocycles. The minimum atomic E-state index is -0.368. The van der Waals surface area contributed by atoms with Crippen molar-refractivity contribution < 1.29 is 19.1 Å². The maximum absolute atomic E-state index is 12.6. The molecule has 0 saturated heterocycles. The van der Waals surface area contributed by atoms with Crippen LogP contribution in [0.2, 0.25) is 0 Å². The van der Waals surface area contributed by atoms with E-state index in [2.05, 4.69) is 10.6 Å². The Hall–Kier alpha value is -2.93. The molecule has 0 spiro atoms. The number of hydrogen-bond donors (Lipinski definition) is 2. The van der Waals surface area contributed by atoms with Gasteiger partial charge in [-0.25, -0.2) is 4.79 Å². The van der Waals surface area contributed by atoms with Gasteiger partial charge >= 0.3 is 5.97 Å². The zero-order valence-electron chi connectivity index (χ0n) is 16.9. The van der Waals surface area contributed by atoms with Crippen LogP contribution in [0.3, 0.4) is 0 Å². The topological polar surface area (TPSA) is 76.7 Å². The van der Waals surface area contributed by atoms with Gasteiger partial charge in [0.15, 0.2) is 5.11 Å². The maximum atomic E-state index is 12.6. The number of carbonyl (C=O) groups excluding carboxylic acids is 2. The first-order valence-corrected chi connectivity index (χ1v) is 9.92. The van der Waals surface area contributed by atoms with Crippen molar-refractivity contribution in [1.82, 2.24) is 5.32 Å². The van der Waals surface area contributed by atoms with E-state index in [9.17, 15) is 9.59 Å². The van der Waals surface area contributed by atoms with Gasteiger partial charge in [0.1, 0.15) is 5.75 Å². The van der Waals surface area contributed by atoms with Crippen LogP contribution in [0, 0.1) is 5.92 Å². The SMILES string of the molecule is CCCOC(=O)c1ccc(NC(=S)NC(=O)c2ccccc2OCC(C)C)cc1. The van der Waals surface area contributed by atoms with Crippen LogP contribution in [0.4, 0.5) is 5.69 Å². The fraction of sp³-hybridized carbons (Fsp3) is 0.318. The molecular formula is C22H26N2O4S. The van der Waals surface area contributed by atoms with E-state index in [0.29, 0.717) is 41.7 Å². The van der Waals surface area contributed by atoms with Gasteiger partial charge in [0.25, 0.3) is 5.91 Å². The van der Waals surface area contributed by atoms with Gasteiger partial charge in [-0.2, -0.15) is 0 Å². The van der Waals surface area contributed by atoms with Crippen molar-refractivity contribution in [2.24, 2.45) is 5.92 Å². The Bertz CT molecular complexity index is 850. The van der Waals surface area contributed by atoms with E-state index < -0.39 is 0 Å². The molecule has 0 aliphatic rings. The number of benzene rings is 2. The Morgan fingerprint density at radius 2 is 1.76 bits per heavy atom. The number of carbonyl (C=O) groups is 2. The number of nitrogens with one attached hydrogen (secondary N) is 2. The molecule has 2 N–H and O–H groups in total. The zero-order chi connectivity index (χ0) is 21.2. The maximum Gasteiger partial charge on any atom is 0.338 e. The fourth-order valence-electron chi connectivity index (χ4n) is 2.34. The third kappa shape index (κ3) is 7.19. The van der Waals surface area contributed by atoms with E-state index in [0.717, 1.165) is 6.42 Å². The quantitative estimate of drug-likeness (QED) is 0.492. The summed E-state index contributed by atoms with van der Waals surface area (Å²) >= 11 is 5.23. The number of rotatable bonds is 8. The Morgan fingerprint density at radius 1 is 1.07 bits per heavy atom. The first-order chi connectivity index (χ1) is 13.9. The first kappa shape index (κ1) is 22.4. The van der Waals surface area contributed by atoms with Crippen LogP contribution in [0.25, 0.3) is 0 Å². The van der Waals surface area contributed by atoms with Crippen LogP contribution in [0.5, 0.6) is 5.75 Å². The van der Waals surface area contributed by atoms with E-state index in [-0.39, 0.29) is 17.0 Å². The molecule has 2 aromatic carbocycles. The number of thiocarbonyl (C=S) groups is 1. The molecule has 1 amide bonds. The number of para-hydroxylation sites is 1. The summed E-state index contributed by atoms with van der Waals surface area (Å²) in [7, 11) is 0. The van der Waals surface area contributed by atoms with E-state index in [4.69, 9.17) is 21.7 Å². The monoisotopic (exact) mass is 414 g/mol. The lowest BCUT2D eigenvalue weighted by molar-refractivity contribution is 0.0505. The Morgan fingerprint density at radius 3 is 2.41 bits per heavy atom. The fourth-order valence-corrected chi connectivity index (χ4v) is 2.55. The lowest BCUT2D eigenvalue weighted by atomic mass is 10.2. The second kappa shape index (κ2) is 11.2. The number of ether oxygens (including phenoxy) is 2.